The van der Waals surface area contributed by atoms with Gasteiger partial charge in [-0.25, -0.2) is 17.5 Å². The van der Waals surface area contributed by atoms with Gasteiger partial charge in [0.05, 0.1) is 5.75 Å². The van der Waals surface area contributed by atoms with Gasteiger partial charge in [0.1, 0.15) is 5.82 Å². The van der Waals surface area contributed by atoms with Crippen molar-refractivity contribution in [2.24, 2.45) is 10.9 Å². The minimum Gasteiger partial charge on any atom is -0.369 e. The molecule has 3 N–H and O–H groups in total. The molecule has 1 heterocycles. The summed E-state index contributed by atoms with van der Waals surface area (Å²) in [7, 11) is -1.59. The quantitative estimate of drug-likeness (QED) is 0.426. The van der Waals surface area contributed by atoms with Gasteiger partial charge in [0, 0.05) is 45.0 Å². The van der Waals surface area contributed by atoms with Gasteiger partial charge in [-0.2, -0.15) is 0 Å². The zero-order valence-electron chi connectivity index (χ0n) is 18.0. The molecule has 1 saturated carbocycles. The Morgan fingerprint density at radius 3 is 2.73 bits per heavy atom. The first-order valence-electron chi connectivity index (χ1n) is 10.8. The van der Waals surface area contributed by atoms with Crippen molar-refractivity contribution in [1.82, 2.24) is 15.4 Å². The number of guanidine groups is 1. The van der Waals surface area contributed by atoms with Crippen LogP contribution >= 0.6 is 0 Å². The molecule has 1 saturated heterocycles. The van der Waals surface area contributed by atoms with E-state index in [0.29, 0.717) is 25.0 Å². The van der Waals surface area contributed by atoms with Gasteiger partial charge >= 0.3 is 0 Å². The number of aliphatic imine (C=N–C) groups is 1. The SMILES string of the molecule is CN=C(NCCS(=O)(=O)NCC1CCC1)NC1CCCN(c2ccc(F)cc2C)C1. The van der Waals surface area contributed by atoms with Crippen molar-refractivity contribution in [1.29, 1.82) is 0 Å². The highest BCUT2D eigenvalue weighted by Gasteiger charge is 2.23. The van der Waals surface area contributed by atoms with Gasteiger partial charge in [-0.05, 0) is 62.3 Å². The van der Waals surface area contributed by atoms with Gasteiger partial charge in [-0.1, -0.05) is 6.42 Å². The number of hydrogen-bond donors (Lipinski definition) is 3. The van der Waals surface area contributed by atoms with Crippen molar-refractivity contribution in [2.45, 2.75) is 45.1 Å². The second-order valence-electron chi connectivity index (χ2n) is 8.32. The van der Waals surface area contributed by atoms with Crippen LogP contribution in [-0.4, -0.2) is 59.4 Å². The van der Waals surface area contributed by atoms with Crippen LogP contribution in [0.3, 0.4) is 0 Å². The highest BCUT2D eigenvalue weighted by molar-refractivity contribution is 7.89. The molecule has 2 fully saturated rings. The average molecular weight is 440 g/mol. The molecular weight excluding hydrogens is 405 g/mol. The molecule has 0 radical (unpaired) electrons. The monoisotopic (exact) mass is 439 g/mol. The van der Waals surface area contributed by atoms with Gasteiger partial charge in [0.15, 0.2) is 5.96 Å². The van der Waals surface area contributed by atoms with Crippen LogP contribution in [-0.2, 0) is 10.0 Å². The normalized spacial score (nSPS) is 20.7. The molecule has 0 amide bonds. The smallest absolute Gasteiger partial charge is 0.213 e. The second-order valence-corrected chi connectivity index (χ2v) is 10.2. The first kappa shape index (κ1) is 22.8. The highest BCUT2D eigenvalue weighted by Crippen LogP contribution is 2.25. The van der Waals surface area contributed by atoms with Crippen LogP contribution in [0.1, 0.15) is 37.7 Å². The summed E-state index contributed by atoms with van der Waals surface area (Å²) in [5, 5.41) is 6.51. The Morgan fingerprint density at radius 1 is 1.27 bits per heavy atom. The number of nitrogens with one attached hydrogen (secondary N) is 3. The summed E-state index contributed by atoms with van der Waals surface area (Å²) in [5.41, 5.74) is 1.98. The minimum atomic E-state index is -3.28. The Kier molecular flexibility index (Phi) is 7.93. The molecule has 2 aliphatic rings. The van der Waals surface area contributed by atoms with E-state index in [2.05, 4.69) is 25.2 Å². The molecule has 1 atom stereocenters. The van der Waals surface area contributed by atoms with Gasteiger partial charge in [0.25, 0.3) is 0 Å². The van der Waals surface area contributed by atoms with Crippen molar-refractivity contribution in [3.8, 4) is 0 Å². The molecule has 168 valence electrons. The summed E-state index contributed by atoms with van der Waals surface area (Å²) in [6.45, 7) is 4.49. The largest absolute Gasteiger partial charge is 0.369 e. The summed E-state index contributed by atoms with van der Waals surface area (Å²) in [6, 6.07) is 5.08. The average Bonchev–Trinajstić information content (AvgIpc) is 2.66. The van der Waals surface area contributed by atoms with E-state index in [4.69, 9.17) is 0 Å². The summed E-state index contributed by atoms with van der Waals surface area (Å²) >= 11 is 0. The summed E-state index contributed by atoms with van der Waals surface area (Å²) in [4.78, 5) is 6.50. The summed E-state index contributed by atoms with van der Waals surface area (Å²) in [5.74, 6) is 0.907. The van der Waals surface area contributed by atoms with Crippen molar-refractivity contribution >= 4 is 21.7 Å². The maximum absolute atomic E-state index is 13.4. The lowest BCUT2D eigenvalue weighted by Crippen LogP contribution is -2.52. The van der Waals surface area contributed by atoms with Crippen LogP contribution < -0.4 is 20.3 Å². The Hall–Kier alpha value is -1.87. The van der Waals surface area contributed by atoms with E-state index in [-0.39, 0.29) is 17.6 Å². The molecule has 0 aromatic heterocycles. The lowest BCUT2D eigenvalue weighted by atomic mass is 9.86. The fourth-order valence-corrected chi connectivity index (χ4v) is 5.00. The minimum absolute atomic E-state index is 0.0198. The summed E-state index contributed by atoms with van der Waals surface area (Å²) in [6.07, 6.45) is 5.46. The zero-order chi connectivity index (χ0) is 21.6. The van der Waals surface area contributed by atoms with E-state index in [0.717, 1.165) is 50.0 Å². The predicted molar refractivity (Wildman–Crippen MR) is 120 cm³/mol. The van der Waals surface area contributed by atoms with E-state index in [1.165, 1.54) is 12.5 Å². The first-order chi connectivity index (χ1) is 14.4. The number of benzene rings is 1. The molecule has 1 unspecified atom stereocenters. The Bertz CT molecular complexity index is 842. The van der Waals surface area contributed by atoms with Crippen molar-refractivity contribution in [3.05, 3.63) is 29.6 Å². The van der Waals surface area contributed by atoms with Crippen LogP contribution in [0.4, 0.5) is 10.1 Å². The lowest BCUT2D eigenvalue weighted by molar-refractivity contribution is 0.316. The van der Waals surface area contributed by atoms with Crippen LogP contribution in [0.5, 0.6) is 0 Å². The number of aryl methyl sites for hydroxylation is 1. The molecule has 30 heavy (non-hydrogen) atoms. The third kappa shape index (κ3) is 6.57. The van der Waals surface area contributed by atoms with Crippen LogP contribution in [0, 0.1) is 18.7 Å². The molecule has 0 spiro atoms. The Labute approximate surface area is 179 Å². The van der Waals surface area contributed by atoms with Crippen LogP contribution in [0.15, 0.2) is 23.2 Å². The van der Waals surface area contributed by atoms with E-state index in [1.807, 2.05) is 13.0 Å². The molecular formula is C21H34FN5O2S. The maximum atomic E-state index is 13.4. The fraction of sp³-hybridized carbons (Fsp3) is 0.667. The van der Waals surface area contributed by atoms with Crippen molar-refractivity contribution in [2.75, 3.05) is 43.9 Å². The second kappa shape index (κ2) is 10.4. The Morgan fingerprint density at radius 2 is 2.07 bits per heavy atom. The van der Waals surface area contributed by atoms with Gasteiger partial charge < -0.3 is 15.5 Å². The standard InChI is InChI=1S/C21H34FN5O2S/c1-16-13-18(22)8-9-20(16)27-11-4-7-19(15-27)26-21(23-2)24-10-12-30(28,29)25-14-17-5-3-6-17/h8-9,13,17,19,25H,3-7,10-12,14-15H2,1-2H3,(H2,23,24,26). The number of nitrogens with zero attached hydrogens (tertiary/aromatic N) is 2. The third-order valence-corrected chi connectivity index (χ3v) is 7.31. The highest BCUT2D eigenvalue weighted by atomic mass is 32.2. The van der Waals surface area contributed by atoms with Gasteiger partial charge in [-0.3, -0.25) is 4.99 Å². The van der Waals surface area contributed by atoms with E-state index >= 15 is 0 Å². The van der Waals surface area contributed by atoms with E-state index in [1.54, 1.807) is 13.1 Å². The summed E-state index contributed by atoms with van der Waals surface area (Å²) < 4.78 is 40.4. The van der Waals surface area contributed by atoms with Crippen molar-refractivity contribution in [3.63, 3.8) is 0 Å². The number of halogens is 1. The lowest BCUT2D eigenvalue weighted by Gasteiger charge is -2.36. The third-order valence-electron chi connectivity index (χ3n) is 5.97. The van der Waals surface area contributed by atoms with Gasteiger partial charge in [0.2, 0.25) is 10.0 Å². The topological polar surface area (TPSA) is 85.8 Å². The van der Waals surface area contributed by atoms with Crippen molar-refractivity contribution < 1.29 is 12.8 Å². The first-order valence-corrected chi connectivity index (χ1v) is 12.5. The number of sulfonamides is 1. The van der Waals surface area contributed by atoms with Gasteiger partial charge in [-0.15, -0.1) is 0 Å². The van der Waals surface area contributed by atoms with E-state index in [9.17, 15) is 12.8 Å². The molecule has 7 nitrogen and oxygen atoms in total. The zero-order valence-corrected chi connectivity index (χ0v) is 18.8. The van der Waals surface area contributed by atoms with Crippen LogP contribution in [0.25, 0.3) is 0 Å². The number of rotatable bonds is 8. The molecule has 1 aliphatic carbocycles. The molecule has 1 aliphatic heterocycles. The molecule has 3 rings (SSSR count). The molecule has 9 heteroatoms. The predicted octanol–water partition coefficient (Wildman–Crippen LogP) is 1.99. The number of anilines is 1. The van der Waals surface area contributed by atoms with Crippen LogP contribution in [0.2, 0.25) is 0 Å². The molecule has 1 aromatic carbocycles. The number of hydrogen-bond acceptors (Lipinski definition) is 4. The number of piperidine rings is 1. The molecule has 1 aromatic rings. The maximum Gasteiger partial charge on any atom is 0.213 e. The Balaban J connectivity index is 1.45. The molecule has 0 bridgehead atoms. The van der Waals surface area contributed by atoms with E-state index < -0.39 is 10.0 Å². The fourth-order valence-electron chi connectivity index (χ4n) is 3.99.